The van der Waals surface area contributed by atoms with Gasteiger partial charge in [0.15, 0.2) is 0 Å². The van der Waals surface area contributed by atoms with E-state index < -0.39 is 0 Å². The molecule has 18 heavy (non-hydrogen) atoms. The third-order valence-electron chi connectivity index (χ3n) is 4.81. The monoisotopic (exact) mass is 250 g/mol. The molecule has 2 aliphatic rings. The fourth-order valence-electron chi connectivity index (χ4n) is 2.79. The SMILES string of the molecule is CCC[C@H]1CC=C(B2OC(C)(C)C(C)(C)O2)CC1. The second-order valence-electron chi connectivity index (χ2n) is 6.80. The van der Waals surface area contributed by atoms with Gasteiger partial charge >= 0.3 is 7.12 Å². The molecule has 102 valence electrons. The smallest absolute Gasteiger partial charge is 0.400 e. The summed E-state index contributed by atoms with van der Waals surface area (Å²) in [6, 6.07) is 0. The van der Waals surface area contributed by atoms with E-state index >= 15 is 0 Å². The normalized spacial score (nSPS) is 30.4. The van der Waals surface area contributed by atoms with Gasteiger partial charge < -0.3 is 9.31 Å². The number of rotatable bonds is 3. The average molecular weight is 250 g/mol. The Morgan fingerprint density at radius 3 is 2.28 bits per heavy atom. The van der Waals surface area contributed by atoms with Gasteiger partial charge in [-0.25, -0.2) is 0 Å². The molecular formula is C15H27BO2. The van der Waals surface area contributed by atoms with Crippen LogP contribution in [0.4, 0.5) is 0 Å². The number of hydrogen-bond acceptors (Lipinski definition) is 2. The van der Waals surface area contributed by atoms with Gasteiger partial charge in [0, 0.05) is 0 Å². The number of hydrogen-bond donors (Lipinski definition) is 0. The highest BCUT2D eigenvalue weighted by Crippen LogP contribution is 2.40. The van der Waals surface area contributed by atoms with Gasteiger partial charge in [-0.2, -0.15) is 0 Å². The Morgan fingerprint density at radius 1 is 1.22 bits per heavy atom. The molecule has 1 aliphatic carbocycles. The maximum atomic E-state index is 6.11. The van der Waals surface area contributed by atoms with Gasteiger partial charge in [-0.15, -0.1) is 0 Å². The van der Waals surface area contributed by atoms with E-state index in [4.69, 9.17) is 9.31 Å². The Morgan fingerprint density at radius 2 is 1.83 bits per heavy atom. The van der Waals surface area contributed by atoms with Crippen molar-refractivity contribution in [2.24, 2.45) is 5.92 Å². The molecule has 1 fully saturated rings. The van der Waals surface area contributed by atoms with Crippen LogP contribution in [-0.2, 0) is 9.31 Å². The summed E-state index contributed by atoms with van der Waals surface area (Å²) in [5.41, 5.74) is 0.943. The van der Waals surface area contributed by atoms with Crippen molar-refractivity contribution < 1.29 is 9.31 Å². The van der Waals surface area contributed by atoms with Crippen LogP contribution in [-0.4, -0.2) is 18.3 Å². The molecule has 0 radical (unpaired) electrons. The molecule has 0 amide bonds. The van der Waals surface area contributed by atoms with E-state index in [1.165, 1.54) is 31.2 Å². The van der Waals surface area contributed by atoms with E-state index in [1.54, 1.807) is 0 Å². The molecule has 1 saturated heterocycles. The maximum Gasteiger partial charge on any atom is 0.490 e. The van der Waals surface area contributed by atoms with Gasteiger partial charge in [-0.05, 0) is 58.3 Å². The summed E-state index contributed by atoms with van der Waals surface area (Å²) < 4.78 is 12.2. The second-order valence-corrected chi connectivity index (χ2v) is 6.80. The molecule has 0 unspecified atom stereocenters. The third-order valence-corrected chi connectivity index (χ3v) is 4.81. The van der Waals surface area contributed by atoms with Crippen LogP contribution in [0.1, 0.15) is 66.7 Å². The quantitative estimate of drug-likeness (QED) is 0.700. The third kappa shape index (κ3) is 2.67. The zero-order chi connectivity index (χ0) is 13.4. The highest BCUT2D eigenvalue weighted by Gasteiger charge is 2.52. The van der Waals surface area contributed by atoms with Crippen LogP contribution in [0.3, 0.4) is 0 Å². The highest BCUT2D eigenvalue weighted by molar-refractivity contribution is 6.54. The van der Waals surface area contributed by atoms with E-state index in [0.29, 0.717) is 0 Å². The van der Waals surface area contributed by atoms with E-state index in [0.717, 1.165) is 12.3 Å². The molecule has 1 atom stereocenters. The van der Waals surface area contributed by atoms with Crippen molar-refractivity contribution in [1.29, 1.82) is 0 Å². The van der Waals surface area contributed by atoms with Crippen LogP contribution in [0.5, 0.6) is 0 Å². The van der Waals surface area contributed by atoms with Crippen LogP contribution in [0, 0.1) is 5.92 Å². The molecule has 0 N–H and O–H groups in total. The van der Waals surface area contributed by atoms with Crippen LogP contribution in [0.2, 0.25) is 0 Å². The molecule has 1 aliphatic heterocycles. The summed E-state index contributed by atoms with van der Waals surface area (Å²) >= 11 is 0. The Labute approximate surface area is 112 Å². The molecule has 0 aromatic carbocycles. The summed E-state index contributed by atoms with van der Waals surface area (Å²) in [6.07, 6.45) is 8.65. The molecule has 0 bridgehead atoms. The van der Waals surface area contributed by atoms with Crippen molar-refractivity contribution >= 4 is 7.12 Å². The van der Waals surface area contributed by atoms with Crippen molar-refractivity contribution in [3.63, 3.8) is 0 Å². The first-order valence-electron chi connectivity index (χ1n) is 7.40. The van der Waals surface area contributed by atoms with Crippen molar-refractivity contribution in [3.05, 3.63) is 11.5 Å². The molecule has 0 spiro atoms. The lowest BCUT2D eigenvalue weighted by Gasteiger charge is -2.32. The lowest BCUT2D eigenvalue weighted by atomic mass is 9.70. The van der Waals surface area contributed by atoms with Gasteiger partial charge in [-0.1, -0.05) is 25.8 Å². The first-order chi connectivity index (χ1) is 8.36. The van der Waals surface area contributed by atoms with Gasteiger partial charge in [-0.3, -0.25) is 0 Å². The van der Waals surface area contributed by atoms with Crippen molar-refractivity contribution in [3.8, 4) is 0 Å². The summed E-state index contributed by atoms with van der Waals surface area (Å²) in [5.74, 6) is 0.876. The first-order valence-corrected chi connectivity index (χ1v) is 7.40. The number of allylic oxidation sites excluding steroid dienone is 2. The Kier molecular flexibility index (Phi) is 3.94. The lowest BCUT2D eigenvalue weighted by molar-refractivity contribution is 0.00578. The van der Waals surface area contributed by atoms with Crippen molar-refractivity contribution in [2.45, 2.75) is 77.9 Å². The molecule has 3 heteroatoms. The molecule has 1 heterocycles. The summed E-state index contributed by atoms with van der Waals surface area (Å²) in [6.45, 7) is 10.8. The van der Waals surface area contributed by atoms with Crippen LogP contribution >= 0.6 is 0 Å². The molecule has 0 aromatic rings. The largest absolute Gasteiger partial charge is 0.490 e. The predicted octanol–water partition coefficient (Wildman–Crippen LogP) is 4.14. The Hall–Kier alpha value is -0.275. The zero-order valence-electron chi connectivity index (χ0n) is 12.6. The highest BCUT2D eigenvalue weighted by atomic mass is 16.7. The molecular weight excluding hydrogens is 223 g/mol. The molecule has 2 rings (SSSR count). The minimum absolute atomic E-state index is 0.113. The summed E-state index contributed by atoms with van der Waals surface area (Å²) in [7, 11) is -0.113. The Balaban J connectivity index is 1.99. The van der Waals surface area contributed by atoms with Gasteiger partial charge in [0.05, 0.1) is 11.2 Å². The predicted molar refractivity (Wildman–Crippen MR) is 76.4 cm³/mol. The minimum Gasteiger partial charge on any atom is -0.400 e. The topological polar surface area (TPSA) is 18.5 Å². The van der Waals surface area contributed by atoms with E-state index in [1.807, 2.05) is 0 Å². The van der Waals surface area contributed by atoms with Crippen LogP contribution in [0.25, 0.3) is 0 Å². The second kappa shape index (κ2) is 5.01. The van der Waals surface area contributed by atoms with E-state index in [9.17, 15) is 0 Å². The summed E-state index contributed by atoms with van der Waals surface area (Å²) in [4.78, 5) is 0. The first kappa shape index (κ1) is 14.1. The van der Waals surface area contributed by atoms with Crippen LogP contribution < -0.4 is 0 Å². The van der Waals surface area contributed by atoms with Gasteiger partial charge in [0.2, 0.25) is 0 Å². The Bertz CT molecular complexity index is 317. The van der Waals surface area contributed by atoms with Gasteiger partial charge in [0.1, 0.15) is 0 Å². The van der Waals surface area contributed by atoms with E-state index in [-0.39, 0.29) is 18.3 Å². The minimum atomic E-state index is -0.210. The van der Waals surface area contributed by atoms with Crippen molar-refractivity contribution in [2.75, 3.05) is 0 Å². The van der Waals surface area contributed by atoms with Crippen LogP contribution in [0.15, 0.2) is 11.5 Å². The van der Waals surface area contributed by atoms with Gasteiger partial charge in [0.25, 0.3) is 0 Å². The van der Waals surface area contributed by atoms with E-state index in [2.05, 4.69) is 40.7 Å². The molecule has 0 aromatic heterocycles. The fraction of sp³-hybridized carbons (Fsp3) is 0.867. The summed E-state index contributed by atoms with van der Waals surface area (Å²) in [5, 5.41) is 0. The molecule has 0 saturated carbocycles. The maximum absolute atomic E-state index is 6.11. The standard InChI is InChI=1S/C15H27BO2/c1-6-7-12-8-10-13(11-9-12)16-17-14(2,3)15(4,5)18-16/h10,12H,6-9,11H2,1-5H3/t12-/m0/s1. The average Bonchev–Trinajstić information content (AvgIpc) is 2.50. The molecule has 2 nitrogen and oxygen atoms in total. The van der Waals surface area contributed by atoms with Crippen molar-refractivity contribution in [1.82, 2.24) is 0 Å². The fourth-order valence-corrected chi connectivity index (χ4v) is 2.79. The lowest BCUT2D eigenvalue weighted by Crippen LogP contribution is -2.41. The zero-order valence-corrected chi connectivity index (χ0v) is 12.6.